The lowest BCUT2D eigenvalue weighted by atomic mass is 10.1. The zero-order chi connectivity index (χ0) is 12.3. The molecule has 0 fully saturated rings. The third-order valence-corrected chi connectivity index (χ3v) is 2.82. The van der Waals surface area contributed by atoms with Crippen LogP contribution in [0.15, 0.2) is 24.3 Å². The SMILES string of the molecule is CCC(C#N)NC(=O)C1Cc2ccccc2O1. The Kier molecular flexibility index (Phi) is 3.29. The second kappa shape index (κ2) is 4.88. The van der Waals surface area contributed by atoms with Crippen LogP contribution < -0.4 is 10.1 Å². The fraction of sp³-hybridized carbons (Fsp3) is 0.385. The summed E-state index contributed by atoms with van der Waals surface area (Å²) < 4.78 is 5.54. The lowest BCUT2D eigenvalue weighted by Crippen LogP contribution is -2.42. The Hall–Kier alpha value is -2.02. The zero-order valence-electron chi connectivity index (χ0n) is 9.64. The number of hydrogen-bond donors (Lipinski definition) is 1. The zero-order valence-corrected chi connectivity index (χ0v) is 9.64. The number of ether oxygens (including phenoxy) is 1. The van der Waals surface area contributed by atoms with E-state index < -0.39 is 12.1 Å². The van der Waals surface area contributed by atoms with Crippen LogP contribution in [0.2, 0.25) is 0 Å². The minimum absolute atomic E-state index is 0.213. The summed E-state index contributed by atoms with van der Waals surface area (Å²) >= 11 is 0. The van der Waals surface area contributed by atoms with Crippen molar-refractivity contribution in [1.82, 2.24) is 5.32 Å². The number of fused-ring (bicyclic) bond motifs is 1. The van der Waals surface area contributed by atoms with Gasteiger partial charge in [0.15, 0.2) is 6.10 Å². The lowest BCUT2D eigenvalue weighted by molar-refractivity contribution is -0.127. The summed E-state index contributed by atoms with van der Waals surface area (Å²) in [4.78, 5) is 11.9. The first-order chi connectivity index (χ1) is 8.24. The summed E-state index contributed by atoms with van der Waals surface area (Å²) in [5, 5.41) is 11.5. The minimum Gasteiger partial charge on any atom is -0.480 e. The predicted octanol–water partition coefficient (Wildman–Crippen LogP) is 1.41. The maximum atomic E-state index is 11.9. The predicted molar refractivity (Wildman–Crippen MR) is 62.4 cm³/mol. The van der Waals surface area contributed by atoms with E-state index in [1.807, 2.05) is 37.3 Å². The molecule has 0 aliphatic carbocycles. The Morgan fingerprint density at radius 1 is 1.65 bits per heavy atom. The third kappa shape index (κ3) is 2.39. The Bertz CT molecular complexity index is 440. The summed E-state index contributed by atoms with van der Waals surface area (Å²) in [5.41, 5.74) is 1.04. The van der Waals surface area contributed by atoms with Crippen molar-refractivity contribution < 1.29 is 9.53 Å². The van der Waals surface area contributed by atoms with Crippen molar-refractivity contribution in [3.05, 3.63) is 29.8 Å². The largest absolute Gasteiger partial charge is 0.480 e. The molecule has 2 atom stereocenters. The van der Waals surface area contributed by atoms with E-state index in [-0.39, 0.29) is 5.91 Å². The molecule has 1 heterocycles. The topological polar surface area (TPSA) is 62.1 Å². The average molecular weight is 230 g/mol. The van der Waals surface area contributed by atoms with Crippen LogP contribution in [0.25, 0.3) is 0 Å². The first kappa shape index (κ1) is 11.5. The second-order valence-electron chi connectivity index (χ2n) is 4.02. The molecule has 1 N–H and O–H groups in total. The van der Waals surface area contributed by atoms with Gasteiger partial charge in [-0.25, -0.2) is 0 Å². The van der Waals surface area contributed by atoms with Gasteiger partial charge in [-0.3, -0.25) is 4.79 Å². The molecule has 2 unspecified atom stereocenters. The fourth-order valence-electron chi connectivity index (χ4n) is 1.82. The average Bonchev–Trinajstić information content (AvgIpc) is 2.79. The number of nitrogens with one attached hydrogen (secondary N) is 1. The van der Waals surface area contributed by atoms with E-state index in [4.69, 9.17) is 10.00 Å². The van der Waals surface area contributed by atoms with E-state index >= 15 is 0 Å². The van der Waals surface area contributed by atoms with E-state index in [1.54, 1.807) is 0 Å². The maximum absolute atomic E-state index is 11.9. The molecule has 1 aromatic carbocycles. The smallest absolute Gasteiger partial charge is 0.262 e. The number of carbonyl (C=O) groups is 1. The highest BCUT2D eigenvalue weighted by Gasteiger charge is 2.29. The molecule has 1 amide bonds. The Morgan fingerprint density at radius 2 is 2.41 bits per heavy atom. The van der Waals surface area contributed by atoms with Gasteiger partial charge in [0.05, 0.1) is 6.07 Å². The highest BCUT2D eigenvalue weighted by Crippen LogP contribution is 2.28. The molecule has 1 aliphatic heterocycles. The van der Waals surface area contributed by atoms with Gasteiger partial charge < -0.3 is 10.1 Å². The van der Waals surface area contributed by atoms with E-state index in [1.165, 1.54) is 0 Å². The molecule has 1 aliphatic rings. The molecule has 0 saturated heterocycles. The normalized spacial score (nSPS) is 18.7. The lowest BCUT2D eigenvalue weighted by Gasteiger charge is -2.13. The Labute approximate surface area is 100 Å². The van der Waals surface area contributed by atoms with Crippen LogP contribution in [-0.2, 0) is 11.2 Å². The standard InChI is InChI=1S/C13H14N2O2/c1-2-10(8-14)15-13(16)12-7-9-5-3-4-6-11(9)17-12/h3-6,10,12H,2,7H2,1H3,(H,15,16). The summed E-state index contributed by atoms with van der Waals surface area (Å²) in [6, 6.07) is 9.21. The van der Waals surface area contributed by atoms with Gasteiger partial charge in [-0.2, -0.15) is 5.26 Å². The van der Waals surface area contributed by atoms with Crippen LogP contribution in [-0.4, -0.2) is 18.1 Å². The van der Waals surface area contributed by atoms with Crippen LogP contribution in [0.5, 0.6) is 5.75 Å². The van der Waals surface area contributed by atoms with E-state index in [9.17, 15) is 4.79 Å². The number of carbonyl (C=O) groups excluding carboxylic acids is 1. The molecule has 0 bridgehead atoms. The van der Waals surface area contributed by atoms with Crippen molar-refractivity contribution in [2.75, 3.05) is 0 Å². The van der Waals surface area contributed by atoms with Crippen molar-refractivity contribution in [3.8, 4) is 11.8 Å². The van der Waals surface area contributed by atoms with Crippen molar-refractivity contribution >= 4 is 5.91 Å². The maximum Gasteiger partial charge on any atom is 0.262 e. The summed E-state index contributed by atoms with van der Waals surface area (Å²) in [6.45, 7) is 1.86. The van der Waals surface area contributed by atoms with Gasteiger partial charge in [-0.1, -0.05) is 25.1 Å². The van der Waals surface area contributed by atoms with Crippen LogP contribution in [0.3, 0.4) is 0 Å². The van der Waals surface area contributed by atoms with E-state index in [2.05, 4.69) is 5.32 Å². The molecule has 88 valence electrons. The van der Waals surface area contributed by atoms with Gasteiger partial charge in [0.1, 0.15) is 11.8 Å². The molecule has 2 rings (SSSR count). The molecular weight excluding hydrogens is 216 g/mol. The van der Waals surface area contributed by atoms with Gasteiger partial charge in [0.2, 0.25) is 0 Å². The van der Waals surface area contributed by atoms with E-state index in [0.717, 1.165) is 11.3 Å². The van der Waals surface area contributed by atoms with Crippen molar-refractivity contribution in [2.24, 2.45) is 0 Å². The van der Waals surface area contributed by atoms with Crippen LogP contribution in [0.4, 0.5) is 0 Å². The second-order valence-corrected chi connectivity index (χ2v) is 4.02. The fourth-order valence-corrected chi connectivity index (χ4v) is 1.82. The van der Waals surface area contributed by atoms with Crippen LogP contribution >= 0.6 is 0 Å². The number of amides is 1. The molecule has 1 aromatic rings. The molecule has 0 radical (unpaired) electrons. The number of rotatable bonds is 3. The van der Waals surface area contributed by atoms with Crippen molar-refractivity contribution in [1.29, 1.82) is 5.26 Å². The summed E-state index contributed by atoms with van der Waals surface area (Å²) in [6.07, 6.45) is 0.668. The van der Waals surface area contributed by atoms with E-state index in [0.29, 0.717) is 12.8 Å². The minimum atomic E-state index is -0.505. The molecule has 0 spiro atoms. The van der Waals surface area contributed by atoms with Gasteiger partial charge in [0.25, 0.3) is 5.91 Å². The van der Waals surface area contributed by atoms with Gasteiger partial charge in [-0.15, -0.1) is 0 Å². The first-order valence-electron chi connectivity index (χ1n) is 5.69. The van der Waals surface area contributed by atoms with Crippen molar-refractivity contribution in [3.63, 3.8) is 0 Å². The molecular formula is C13H14N2O2. The molecule has 0 aromatic heterocycles. The van der Waals surface area contributed by atoms with Gasteiger partial charge >= 0.3 is 0 Å². The molecule has 0 saturated carbocycles. The highest BCUT2D eigenvalue weighted by atomic mass is 16.5. The number of nitriles is 1. The Morgan fingerprint density at radius 3 is 3.06 bits per heavy atom. The number of para-hydroxylation sites is 1. The van der Waals surface area contributed by atoms with Crippen molar-refractivity contribution in [2.45, 2.75) is 31.9 Å². The summed E-state index contributed by atoms with van der Waals surface area (Å²) in [7, 11) is 0. The molecule has 4 nitrogen and oxygen atoms in total. The Balaban J connectivity index is 1.99. The number of hydrogen-bond acceptors (Lipinski definition) is 3. The third-order valence-electron chi connectivity index (χ3n) is 2.82. The van der Waals surface area contributed by atoms with Crippen LogP contribution in [0, 0.1) is 11.3 Å². The van der Waals surface area contributed by atoms with Gasteiger partial charge in [0, 0.05) is 6.42 Å². The number of benzene rings is 1. The molecule has 4 heteroatoms. The monoisotopic (exact) mass is 230 g/mol. The van der Waals surface area contributed by atoms with Gasteiger partial charge in [-0.05, 0) is 18.1 Å². The highest BCUT2D eigenvalue weighted by molar-refractivity contribution is 5.83. The first-order valence-corrected chi connectivity index (χ1v) is 5.69. The molecule has 17 heavy (non-hydrogen) atoms. The van der Waals surface area contributed by atoms with Crippen LogP contribution in [0.1, 0.15) is 18.9 Å². The number of nitrogens with zero attached hydrogens (tertiary/aromatic N) is 1. The summed E-state index contributed by atoms with van der Waals surface area (Å²) in [5.74, 6) is 0.548. The quantitative estimate of drug-likeness (QED) is 0.854.